The predicted molar refractivity (Wildman–Crippen MR) is 61.4 cm³/mol. The molecular weight excluding hydrogens is 222 g/mol. The van der Waals surface area contributed by atoms with Crippen LogP contribution < -0.4 is 5.73 Å². The van der Waals surface area contributed by atoms with Crippen molar-refractivity contribution in [2.24, 2.45) is 5.73 Å². The number of nitrogens with zero attached hydrogens (tertiary/aromatic N) is 2. The van der Waals surface area contributed by atoms with Gasteiger partial charge in [-0.2, -0.15) is 0 Å². The third kappa shape index (κ3) is 2.58. The number of carboxylic acids is 1. The van der Waals surface area contributed by atoms with Gasteiger partial charge in [0.25, 0.3) is 0 Å². The van der Waals surface area contributed by atoms with Crippen LogP contribution in [0.15, 0.2) is 0 Å². The number of piperazine rings is 1. The molecule has 1 heterocycles. The quantitative estimate of drug-likeness (QED) is 0.668. The van der Waals surface area contributed by atoms with Gasteiger partial charge in [-0.1, -0.05) is 0 Å². The van der Waals surface area contributed by atoms with E-state index in [2.05, 4.69) is 0 Å². The van der Waals surface area contributed by atoms with Gasteiger partial charge < -0.3 is 15.7 Å². The molecule has 2 aliphatic rings. The fourth-order valence-corrected chi connectivity index (χ4v) is 2.39. The SMILES string of the molecule is NC1(C(=O)N2CCN(CC(=O)O)CC2)CCC1. The molecule has 3 N–H and O–H groups in total. The summed E-state index contributed by atoms with van der Waals surface area (Å²) in [5.74, 6) is -0.780. The lowest BCUT2D eigenvalue weighted by Crippen LogP contribution is -2.62. The van der Waals surface area contributed by atoms with Crippen LogP contribution in [0.3, 0.4) is 0 Å². The monoisotopic (exact) mass is 241 g/mol. The Kier molecular flexibility index (Phi) is 3.35. The summed E-state index contributed by atoms with van der Waals surface area (Å²) in [5.41, 5.74) is 5.36. The molecule has 17 heavy (non-hydrogen) atoms. The highest BCUT2D eigenvalue weighted by atomic mass is 16.4. The molecule has 6 heteroatoms. The summed E-state index contributed by atoms with van der Waals surface area (Å²) in [6, 6.07) is 0. The molecule has 0 radical (unpaired) electrons. The van der Waals surface area contributed by atoms with Gasteiger partial charge in [0.2, 0.25) is 5.91 Å². The maximum Gasteiger partial charge on any atom is 0.317 e. The Morgan fingerprint density at radius 2 is 1.76 bits per heavy atom. The van der Waals surface area contributed by atoms with Crippen LogP contribution >= 0.6 is 0 Å². The van der Waals surface area contributed by atoms with Gasteiger partial charge in [0.05, 0.1) is 12.1 Å². The summed E-state index contributed by atoms with van der Waals surface area (Å²) in [6.45, 7) is 2.47. The van der Waals surface area contributed by atoms with Crippen molar-refractivity contribution in [2.45, 2.75) is 24.8 Å². The van der Waals surface area contributed by atoms with Crippen LogP contribution in [0.5, 0.6) is 0 Å². The van der Waals surface area contributed by atoms with Crippen LogP contribution in [0.25, 0.3) is 0 Å². The minimum Gasteiger partial charge on any atom is -0.480 e. The van der Waals surface area contributed by atoms with Gasteiger partial charge in [0.1, 0.15) is 0 Å². The predicted octanol–water partition coefficient (Wildman–Crippen LogP) is -0.903. The van der Waals surface area contributed by atoms with Crippen molar-refractivity contribution in [1.82, 2.24) is 9.80 Å². The smallest absolute Gasteiger partial charge is 0.317 e. The number of amides is 1. The van der Waals surface area contributed by atoms with Gasteiger partial charge in [-0.3, -0.25) is 14.5 Å². The van der Waals surface area contributed by atoms with E-state index < -0.39 is 11.5 Å². The van der Waals surface area contributed by atoms with Gasteiger partial charge >= 0.3 is 5.97 Å². The molecule has 1 amide bonds. The Morgan fingerprint density at radius 1 is 1.18 bits per heavy atom. The first-order valence-corrected chi connectivity index (χ1v) is 6.04. The second-order valence-corrected chi connectivity index (χ2v) is 4.97. The largest absolute Gasteiger partial charge is 0.480 e. The molecule has 0 bridgehead atoms. The average molecular weight is 241 g/mol. The summed E-state index contributed by atoms with van der Waals surface area (Å²) < 4.78 is 0. The molecule has 2 fully saturated rings. The van der Waals surface area contributed by atoms with Crippen molar-refractivity contribution in [3.63, 3.8) is 0 Å². The van der Waals surface area contributed by atoms with E-state index in [0.717, 1.165) is 19.3 Å². The maximum absolute atomic E-state index is 12.1. The molecule has 96 valence electrons. The zero-order chi connectivity index (χ0) is 12.5. The number of carbonyl (C=O) groups excluding carboxylic acids is 1. The van der Waals surface area contributed by atoms with Gasteiger partial charge in [0.15, 0.2) is 0 Å². The number of hydrogen-bond donors (Lipinski definition) is 2. The van der Waals surface area contributed by atoms with Gasteiger partial charge in [0, 0.05) is 26.2 Å². The topological polar surface area (TPSA) is 86.9 Å². The minimum atomic E-state index is -0.820. The Hall–Kier alpha value is -1.14. The van der Waals surface area contributed by atoms with E-state index in [9.17, 15) is 9.59 Å². The summed E-state index contributed by atoms with van der Waals surface area (Å²) in [5, 5.41) is 8.68. The van der Waals surface area contributed by atoms with Crippen LogP contribution in [0, 0.1) is 0 Å². The Balaban J connectivity index is 1.82. The Labute approximate surface area is 100 Å². The van der Waals surface area contributed by atoms with E-state index in [1.807, 2.05) is 4.90 Å². The second-order valence-electron chi connectivity index (χ2n) is 4.97. The molecule has 0 aromatic rings. The van der Waals surface area contributed by atoms with Gasteiger partial charge in [-0.15, -0.1) is 0 Å². The highest BCUT2D eigenvalue weighted by Crippen LogP contribution is 2.31. The molecule has 1 aliphatic carbocycles. The van der Waals surface area contributed by atoms with Crippen molar-refractivity contribution in [1.29, 1.82) is 0 Å². The lowest BCUT2D eigenvalue weighted by atomic mass is 9.76. The molecule has 0 aromatic heterocycles. The summed E-state index contributed by atoms with van der Waals surface area (Å²) in [6.07, 6.45) is 2.59. The van der Waals surface area contributed by atoms with Crippen LogP contribution in [0.4, 0.5) is 0 Å². The minimum absolute atomic E-state index is 0.0405. The summed E-state index contributed by atoms with van der Waals surface area (Å²) in [4.78, 5) is 26.3. The average Bonchev–Trinajstić information content (AvgIpc) is 2.25. The zero-order valence-corrected chi connectivity index (χ0v) is 9.89. The van der Waals surface area contributed by atoms with E-state index >= 15 is 0 Å². The first-order valence-electron chi connectivity index (χ1n) is 6.04. The molecule has 1 aliphatic heterocycles. The molecule has 1 saturated heterocycles. The molecular formula is C11H19N3O3. The number of hydrogen-bond acceptors (Lipinski definition) is 4. The number of carboxylic acid groups (broad SMARTS) is 1. The number of nitrogens with two attached hydrogens (primary N) is 1. The van der Waals surface area contributed by atoms with Crippen molar-refractivity contribution in [3.05, 3.63) is 0 Å². The molecule has 6 nitrogen and oxygen atoms in total. The third-order valence-corrected chi connectivity index (χ3v) is 3.69. The van der Waals surface area contributed by atoms with E-state index in [0.29, 0.717) is 26.2 Å². The Bertz CT molecular complexity index is 320. The zero-order valence-electron chi connectivity index (χ0n) is 9.89. The number of aliphatic carboxylic acids is 1. The van der Waals surface area contributed by atoms with E-state index in [-0.39, 0.29) is 12.5 Å². The molecule has 0 spiro atoms. The van der Waals surface area contributed by atoms with Crippen LogP contribution in [0.1, 0.15) is 19.3 Å². The lowest BCUT2D eigenvalue weighted by Gasteiger charge is -2.43. The first-order chi connectivity index (χ1) is 8.01. The Morgan fingerprint density at radius 3 is 2.18 bits per heavy atom. The fourth-order valence-electron chi connectivity index (χ4n) is 2.39. The van der Waals surface area contributed by atoms with E-state index in [1.165, 1.54) is 0 Å². The molecule has 0 atom stereocenters. The van der Waals surface area contributed by atoms with Crippen molar-refractivity contribution < 1.29 is 14.7 Å². The highest BCUT2D eigenvalue weighted by Gasteiger charge is 2.43. The summed E-state index contributed by atoms with van der Waals surface area (Å²) >= 11 is 0. The van der Waals surface area contributed by atoms with Crippen LogP contribution in [0.2, 0.25) is 0 Å². The maximum atomic E-state index is 12.1. The molecule has 0 aromatic carbocycles. The highest BCUT2D eigenvalue weighted by molar-refractivity contribution is 5.87. The van der Waals surface area contributed by atoms with E-state index in [1.54, 1.807) is 4.90 Å². The first kappa shape index (κ1) is 12.3. The second kappa shape index (κ2) is 4.62. The third-order valence-electron chi connectivity index (χ3n) is 3.69. The molecule has 2 rings (SSSR count). The van der Waals surface area contributed by atoms with Crippen LogP contribution in [-0.4, -0.2) is 65.0 Å². The van der Waals surface area contributed by atoms with Crippen molar-refractivity contribution >= 4 is 11.9 Å². The van der Waals surface area contributed by atoms with Crippen LogP contribution in [-0.2, 0) is 9.59 Å². The van der Waals surface area contributed by atoms with Crippen molar-refractivity contribution in [3.8, 4) is 0 Å². The standard InChI is InChI=1S/C11H19N3O3/c12-11(2-1-3-11)10(17)14-6-4-13(5-7-14)8-9(15)16/h1-8,12H2,(H,15,16). The van der Waals surface area contributed by atoms with Crippen molar-refractivity contribution in [2.75, 3.05) is 32.7 Å². The fraction of sp³-hybridized carbons (Fsp3) is 0.818. The van der Waals surface area contributed by atoms with E-state index in [4.69, 9.17) is 10.8 Å². The van der Waals surface area contributed by atoms with Gasteiger partial charge in [-0.25, -0.2) is 0 Å². The molecule has 0 unspecified atom stereocenters. The summed E-state index contributed by atoms with van der Waals surface area (Å²) in [7, 11) is 0. The normalized spacial score (nSPS) is 24.2. The van der Waals surface area contributed by atoms with Gasteiger partial charge in [-0.05, 0) is 19.3 Å². The number of rotatable bonds is 3. The lowest BCUT2D eigenvalue weighted by molar-refractivity contribution is -0.143. The number of carbonyl (C=O) groups is 2. The molecule has 1 saturated carbocycles.